The van der Waals surface area contributed by atoms with Crippen molar-refractivity contribution in [1.82, 2.24) is 0 Å². The molecule has 0 heterocycles. The van der Waals surface area contributed by atoms with Crippen LogP contribution >= 0.6 is 28.3 Å². The van der Waals surface area contributed by atoms with Crippen molar-refractivity contribution in [2.75, 3.05) is 0 Å². The molecule has 0 saturated heterocycles. The van der Waals surface area contributed by atoms with Gasteiger partial charge in [-0.3, -0.25) is 0 Å². The zero-order valence-electron chi connectivity index (χ0n) is 12.6. The van der Waals surface area contributed by atoms with Gasteiger partial charge < -0.3 is 15.2 Å². The van der Waals surface area contributed by atoms with Crippen LogP contribution in [-0.4, -0.2) is 12.7 Å². The maximum Gasteiger partial charge on any atom is 0.573 e. The topological polar surface area (TPSA) is 44.5 Å². The van der Waals surface area contributed by atoms with E-state index in [1.165, 1.54) is 24.3 Å². The number of hydrogen-bond acceptors (Lipinski definition) is 3. The molecule has 0 fully saturated rings. The lowest BCUT2D eigenvalue weighted by atomic mass is 9.98. The van der Waals surface area contributed by atoms with Gasteiger partial charge in [0.05, 0.1) is 6.04 Å². The van der Waals surface area contributed by atoms with Crippen LogP contribution in [0.25, 0.3) is 0 Å². The van der Waals surface area contributed by atoms with Crippen LogP contribution in [0, 0.1) is 0 Å². The summed E-state index contributed by atoms with van der Waals surface area (Å²) in [5.74, 6) is -0.969. The lowest BCUT2D eigenvalue weighted by molar-refractivity contribution is -0.275. The zero-order chi connectivity index (χ0) is 18.8. The first kappa shape index (κ1) is 22.4. The van der Waals surface area contributed by atoms with Gasteiger partial charge in [0.25, 0.3) is 0 Å². The van der Waals surface area contributed by atoms with Gasteiger partial charge in [-0.15, -0.1) is 38.7 Å². The lowest BCUT2D eigenvalue weighted by Gasteiger charge is -2.19. The number of halogens is 8. The molecule has 3 nitrogen and oxygen atoms in total. The van der Waals surface area contributed by atoms with Crippen molar-refractivity contribution in [3.05, 3.63) is 58.1 Å². The third kappa shape index (κ3) is 6.58. The quantitative estimate of drug-likeness (QED) is 0.587. The smallest absolute Gasteiger partial charge is 0.406 e. The summed E-state index contributed by atoms with van der Waals surface area (Å²) >= 11 is 3.12. The molecule has 26 heavy (non-hydrogen) atoms. The fourth-order valence-electron chi connectivity index (χ4n) is 2.04. The highest BCUT2D eigenvalue weighted by molar-refractivity contribution is 9.10. The Kier molecular flexibility index (Phi) is 7.20. The van der Waals surface area contributed by atoms with Crippen molar-refractivity contribution in [2.24, 2.45) is 5.73 Å². The fourth-order valence-corrected chi connectivity index (χ4v) is 2.42. The first-order chi connectivity index (χ1) is 11.4. The van der Waals surface area contributed by atoms with E-state index in [9.17, 15) is 26.3 Å². The van der Waals surface area contributed by atoms with Crippen LogP contribution in [0.4, 0.5) is 26.3 Å². The number of hydrogen-bond donors (Lipinski definition) is 1. The van der Waals surface area contributed by atoms with Gasteiger partial charge in [-0.2, -0.15) is 0 Å². The van der Waals surface area contributed by atoms with Crippen molar-refractivity contribution >= 4 is 28.3 Å². The highest BCUT2D eigenvalue weighted by Crippen LogP contribution is 2.35. The van der Waals surface area contributed by atoms with Crippen LogP contribution in [0.2, 0.25) is 0 Å². The Hall–Kier alpha value is -1.65. The van der Waals surface area contributed by atoms with E-state index in [2.05, 4.69) is 25.4 Å². The van der Waals surface area contributed by atoms with E-state index in [4.69, 9.17) is 5.73 Å². The fraction of sp³-hybridized carbons (Fsp3) is 0.200. The molecule has 0 aliphatic heterocycles. The molecular weight excluding hydrogens is 456 g/mol. The molecule has 0 bridgehead atoms. The molecule has 0 aliphatic carbocycles. The predicted molar refractivity (Wildman–Crippen MR) is 87.2 cm³/mol. The van der Waals surface area contributed by atoms with Crippen LogP contribution in [-0.2, 0) is 0 Å². The molecule has 2 aromatic rings. The molecule has 0 radical (unpaired) electrons. The van der Waals surface area contributed by atoms with Crippen molar-refractivity contribution in [2.45, 2.75) is 18.8 Å². The Labute approximate surface area is 158 Å². The first-order valence-electron chi connectivity index (χ1n) is 6.61. The minimum absolute atomic E-state index is 0. The summed E-state index contributed by atoms with van der Waals surface area (Å²) in [4.78, 5) is 0. The molecular formula is C15H11BrClF6NO2. The minimum atomic E-state index is -4.91. The van der Waals surface area contributed by atoms with E-state index in [-0.39, 0.29) is 23.5 Å². The van der Waals surface area contributed by atoms with Crippen molar-refractivity contribution in [3.63, 3.8) is 0 Å². The maximum atomic E-state index is 12.5. The van der Waals surface area contributed by atoms with E-state index in [1.54, 1.807) is 0 Å². The van der Waals surface area contributed by atoms with Crippen molar-refractivity contribution < 1.29 is 35.8 Å². The van der Waals surface area contributed by atoms with Gasteiger partial charge in [0.15, 0.2) is 0 Å². The molecule has 2 N–H and O–H groups in total. The van der Waals surface area contributed by atoms with Gasteiger partial charge in [0.2, 0.25) is 0 Å². The summed E-state index contributed by atoms with van der Waals surface area (Å²) in [5, 5.41) is 0. The molecule has 2 rings (SSSR count). The predicted octanol–water partition coefficient (Wildman–Crippen LogP) is 5.72. The lowest BCUT2D eigenvalue weighted by Crippen LogP contribution is -2.21. The third-order valence-corrected chi connectivity index (χ3v) is 3.50. The average molecular weight is 467 g/mol. The first-order valence-corrected chi connectivity index (χ1v) is 7.40. The highest BCUT2D eigenvalue weighted by Gasteiger charge is 2.33. The van der Waals surface area contributed by atoms with Gasteiger partial charge in [-0.25, -0.2) is 0 Å². The van der Waals surface area contributed by atoms with Crippen LogP contribution in [0.5, 0.6) is 11.5 Å². The van der Waals surface area contributed by atoms with Gasteiger partial charge in [0.1, 0.15) is 11.5 Å². The molecule has 0 aliphatic rings. The normalized spacial score (nSPS) is 12.9. The van der Waals surface area contributed by atoms with E-state index < -0.39 is 30.3 Å². The average Bonchev–Trinajstić information content (AvgIpc) is 2.46. The number of benzene rings is 2. The van der Waals surface area contributed by atoms with E-state index in [0.29, 0.717) is 4.47 Å². The van der Waals surface area contributed by atoms with E-state index in [1.807, 2.05) is 0 Å². The molecule has 0 saturated carbocycles. The molecule has 2 aromatic carbocycles. The second kappa shape index (κ2) is 8.36. The molecule has 0 aromatic heterocycles. The number of alkyl halides is 6. The largest absolute Gasteiger partial charge is 0.573 e. The Bertz CT molecular complexity index is 736. The summed E-state index contributed by atoms with van der Waals surface area (Å²) in [7, 11) is 0. The Morgan fingerprint density at radius 3 is 1.88 bits per heavy atom. The summed E-state index contributed by atoms with van der Waals surface area (Å²) in [6.45, 7) is 0. The minimum Gasteiger partial charge on any atom is -0.406 e. The monoisotopic (exact) mass is 465 g/mol. The van der Waals surface area contributed by atoms with Gasteiger partial charge >= 0.3 is 12.7 Å². The number of nitrogens with two attached hydrogens (primary N) is 1. The second-order valence-electron chi connectivity index (χ2n) is 4.82. The molecule has 144 valence electrons. The number of rotatable bonds is 4. The Morgan fingerprint density at radius 1 is 0.846 bits per heavy atom. The van der Waals surface area contributed by atoms with Crippen molar-refractivity contribution in [1.29, 1.82) is 0 Å². The maximum absolute atomic E-state index is 12.5. The van der Waals surface area contributed by atoms with Gasteiger partial charge in [0, 0.05) is 10.0 Å². The second-order valence-corrected chi connectivity index (χ2v) is 5.74. The summed E-state index contributed by atoms with van der Waals surface area (Å²) < 4.78 is 82.1. The molecule has 1 atom stereocenters. The zero-order valence-corrected chi connectivity index (χ0v) is 15.0. The Morgan fingerprint density at radius 2 is 1.38 bits per heavy atom. The standard InChI is InChI=1S/C15H10BrF6NO2.ClH/c16-9-3-6-12(25-15(20,21)22)11(7-9)13(23)8-1-4-10(5-2-8)24-14(17,18)19;/h1-7,13H,23H2;1H/t13-;/m1./s1. The van der Waals surface area contributed by atoms with Crippen LogP contribution in [0.1, 0.15) is 17.2 Å². The van der Waals surface area contributed by atoms with Crippen LogP contribution < -0.4 is 15.2 Å². The molecule has 0 spiro atoms. The van der Waals surface area contributed by atoms with Crippen molar-refractivity contribution in [3.8, 4) is 11.5 Å². The van der Waals surface area contributed by atoms with Crippen LogP contribution in [0.15, 0.2) is 46.9 Å². The molecule has 0 unspecified atom stereocenters. The number of ether oxygens (including phenoxy) is 2. The third-order valence-electron chi connectivity index (χ3n) is 3.01. The summed E-state index contributed by atoms with van der Waals surface area (Å²) in [6, 6.07) is 7.20. The van der Waals surface area contributed by atoms with Gasteiger partial charge in [-0.1, -0.05) is 28.1 Å². The highest BCUT2D eigenvalue weighted by atomic mass is 79.9. The van der Waals surface area contributed by atoms with Gasteiger partial charge in [-0.05, 0) is 35.9 Å². The van der Waals surface area contributed by atoms with E-state index >= 15 is 0 Å². The molecule has 11 heteroatoms. The SMILES string of the molecule is Cl.N[C@H](c1ccc(OC(F)(F)F)cc1)c1cc(Br)ccc1OC(F)(F)F. The van der Waals surface area contributed by atoms with Crippen LogP contribution in [0.3, 0.4) is 0 Å². The summed E-state index contributed by atoms with van der Waals surface area (Å²) in [5.41, 5.74) is 6.24. The summed E-state index contributed by atoms with van der Waals surface area (Å²) in [6.07, 6.45) is -9.76. The Balaban J connectivity index is 0.00000338. The molecule has 0 amide bonds. The van der Waals surface area contributed by atoms with E-state index in [0.717, 1.165) is 18.2 Å².